The Balaban J connectivity index is 1.09. The summed E-state index contributed by atoms with van der Waals surface area (Å²) in [4.78, 5) is 2.10. The van der Waals surface area contributed by atoms with E-state index in [0.717, 1.165) is 66.3 Å². The maximum Gasteiger partial charge on any atom is 0.143 e. The molecular weight excluding hydrogens is 858 g/mol. The van der Waals surface area contributed by atoms with Crippen LogP contribution in [0.15, 0.2) is 162 Å². The van der Waals surface area contributed by atoms with Crippen LogP contribution < -0.4 is 65.0 Å². The second kappa shape index (κ2) is 16.1. The average molecular weight is 884 g/mol. The topological polar surface area (TPSA) is 16.4 Å². The van der Waals surface area contributed by atoms with Gasteiger partial charge in [0.25, 0.3) is 0 Å². The first-order valence-electron chi connectivity index (χ1n) is 23.3. The van der Waals surface area contributed by atoms with Crippen molar-refractivity contribution in [3.8, 4) is 44.5 Å². The summed E-state index contributed by atoms with van der Waals surface area (Å²) in [6, 6.07) is 53.1. The van der Waals surface area contributed by atoms with Gasteiger partial charge in [-0.2, -0.15) is 0 Å². The molecule has 0 fully saturated rings. The van der Waals surface area contributed by atoms with E-state index < -0.39 is 5.41 Å². The SMILES string of the molecule is [B]c1cc2c(c([B])c1[B])-c1c(cc([B])c([B])c1[B])C21c2cc([B])c([B])c([B])c2-c2c1cc(N(c1ccc(-c3cccc4ccccc34)cc1)c1ccc(-c3cccc4c3oc3ccccc34)cc1)c([B])c2[B]. The first-order valence-corrected chi connectivity index (χ1v) is 23.3. The van der Waals surface area contributed by atoms with Crippen molar-refractivity contribution in [2.24, 2.45) is 0 Å². The Bertz CT molecular complexity index is 4090. The summed E-state index contributed by atoms with van der Waals surface area (Å²) in [7, 11) is 76.2. The number of fused-ring (bicyclic) bond motifs is 14. The molecule has 1 aromatic heterocycles. The van der Waals surface area contributed by atoms with E-state index in [0.29, 0.717) is 50.2 Å². The van der Waals surface area contributed by atoms with Crippen molar-refractivity contribution in [2.75, 3.05) is 4.90 Å². The Morgan fingerprint density at radius 3 is 1.32 bits per heavy atom. The second-order valence-electron chi connectivity index (χ2n) is 18.8. The maximum atomic E-state index is 7.47. The maximum absolute atomic E-state index is 7.47. The Morgan fingerprint density at radius 2 is 0.764 bits per heavy atom. The van der Waals surface area contributed by atoms with Gasteiger partial charge in [-0.25, -0.2) is 0 Å². The van der Waals surface area contributed by atoms with Crippen LogP contribution in [-0.4, -0.2) is 86.3 Å². The van der Waals surface area contributed by atoms with Crippen LogP contribution in [0.3, 0.4) is 0 Å². The minimum Gasteiger partial charge on any atom is -0.455 e. The molecular formula is C59H26B11NO. The van der Waals surface area contributed by atoms with Crippen molar-refractivity contribution >= 4 is 196 Å². The molecule has 0 saturated carbocycles. The minimum atomic E-state index is -1.31. The lowest BCUT2D eigenvalue weighted by molar-refractivity contribution is 0.670. The molecule has 2 aliphatic rings. The predicted molar refractivity (Wildman–Crippen MR) is 312 cm³/mol. The van der Waals surface area contributed by atoms with Gasteiger partial charge in [0.1, 0.15) is 97.5 Å². The van der Waals surface area contributed by atoms with Crippen LogP contribution in [-0.2, 0) is 5.41 Å². The zero-order valence-electron chi connectivity index (χ0n) is 38.7. The number of benzene rings is 10. The van der Waals surface area contributed by atoms with Crippen LogP contribution in [0.5, 0.6) is 0 Å². The molecule has 0 saturated heterocycles. The van der Waals surface area contributed by atoms with E-state index >= 15 is 0 Å². The summed E-state index contributed by atoms with van der Waals surface area (Å²) in [5, 5.41) is 4.37. The summed E-state index contributed by atoms with van der Waals surface area (Å²) < 4.78 is 6.48. The molecule has 1 spiro atoms. The highest BCUT2D eigenvalue weighted by Crippen LogP contribution is 2.61. The molecule has 0 amide bonds. The molecule has 0 atom stereocenters. The third kappa shape index (κ3) is 6.06. The standard InChI is InChI=1S/C59H26B11NO/c60-41-23-37-46(54(67)50(41)63)47-38(24-42(61)51(64)55(47)68)59(37)39-25-43(62)52(65)56(69)48(39)49-40(59)26-44(53(66)57(49)70)71(30-19-15-28(16-20-30)33-11-5-8-27-7-1-2-9-32(27)33)31-21-17-29(18-22-31)34-12-6-13-36-35-10-3-4-14-45(35)72-58(34)36/h1-26H. The van der Waals surface area contributed by atoms with Crippen LogP contribution in [0.4, 0.5) is 17.1 Å². The number of rotatable bonds is 5. The summed E-state index contributed by atoms with van der Waals surface area (Å²) in [6.45, 7) is 0. The van der Waals surface area contributed by atoms with Crippen LogP contribution in [0, 0.1) is 0 Å². The molecule has 22 radical (unpaired) electrons. The zero-order valence-corrected chi connectivity index (χ0v) is 38.7. The first-order chi connectivity index (χ1) is 34.8. The molecule has 0 bridgehead atoms. The van der Waals surface area contributed by atoms with Gasteiger partial charge >= 0.3 is 0 Å². The van der Waals surface area contributed by atoms with E-state index in [1.165, 1.54) is 0 Å². The molecule has 2 aliphatic carbocycles. The molecule has 2 nitrogen and oxygen atoms in total. The number of hydrogen-bond donors (Lipinski definition) is 0. The number of hydrogen-bond acceptors (Lipinski definition) is 2. The molecule has 10 aromatic carbocycles. The van der Waals surface area contributed by atoms with Crippen molar-refractivity contribution in [1.82, 2.24) is 0 Å². The van der Waals surface area contributed by atoms with E-state index in [1.54, 1.807) is 0 Å². The Kier molecular flexibility index (Phi) is 10.0. The van der Waals surface area contributed by atoms with Gasteiger partial charge in [0.2, 0.25) is 0 Å². The highest BCUT2D eigenvalue weighted by atomic mass is 16.3. The van der Waals surface area contributed by atoms with Gasteiger partial charge in [-0.3, -0.25) is 0 Å². The van der Waals surface area contributed by atoms with Gasteiger partial charge in [0.15, 0.2) is 0 Å². The van der Waals surface area contributed by atoms with Crippen LogP contribution in [0.2, 0.25) is 0 Å². The van der Waals surface area contributed by atoms with E-state index in [-0.39, 0.29) is 60.1 Å². The number of anilines is 3. The molecule has 72 heavy (non-hydrogen) atoms. The molecule has 0 unspecified atom stereocenters. The normalized spacial score (nSPS) is 12.9. The van der Waals surface area contributed by atoms with Gasteiger partial charge in [-0.15, -0.1) is 32.8 Å². The Labute approximate surface area is 432 Å². The van der Waals surface area contributed by atoms with Crippen LogP contribution in [0.25, 0.3) is 77.2 Å². The fourth-order valence-corrected chi connectivity index (χ4v) is 11.7. The Morgan fingerprint density at radius 1 is 0.347 bits per heavy atom. The van der Waals surface area contributed by atoms with E-state index in [1.807, 2.05) is 48.5 Å². The van der Waals surface area contributed by atoms with Gasteiger partial charge in [-0.05, 0) is 108 Å². The predicted octanol–water partition coefficient (Wildman–Crippen LogP) is 2.62. The number of para-hydroxylation sites is 2. The lowest BCUT2D eigenvalue weighted by Crippen LogP contribution is -2.43. The highest BCUT2D eigenvalue weighted by molar-refractivity contribution is 6.63. The van der Waals surface area contributed by atoms with Crippen molar-refractivity contribution < 1.29 is 4.42 Å². The van der Waals surface area contributed by atoms with Crippen LogP contribution in [0.1, 0.15) is 22.3 Å². The van der Waals surface area contributed by atoms with Crippen molar-refractivity contribution in [3.05, 3.63) is 180 Å². The summed E-state index contributed by atoms with van der Waals surface area (Å²) in [6.07, 6.45) is 0. The first kappa shape index (κ1) is 44.7. The van der Waals surface area contributed by atoms with Crippen LogP contribution >= 0.6 is 0 Å². The third-order valence-electron chi connectivity index (χ3n) is 15.1. The highest BCUT2D eigenvalue weighted by Gasteiger charge is 2.54. The zero-order chi connectivity index (χ0) is 49.6. The lowest BCUT2D eigenvalue weighted by Gasteiger charge is -2.35. The smallest absolute Gasteiger partial charge is 0.143 e. The fourth-order valence-electron chi connectivity index (χ4n) is 11.7. The van der Waals surface area contributed by atoms with Crippen molar-refractivity contribution in [3.63, 3.8) is 0 Å². The summed E-state index contributed by atoms with van der Waals surface area (Å²) >= 11 is 0. The monoisotopic (exact) mass is 885 g/mol. The molecule has 11 aromatic rings. The summed E-state index contributed by atoms with van der Waals surface area (Å²) in [5.74, 6) is 0. The summed E-state index contributed by atoms with van der Waals surface area (Å²) in [5.41, 5.74) is 13.8. The molecule has 306 valence electrons. The second-order valence-corrected chi connectivity index (χ2v) is 18.8. The van der Waals surface area contributed by atoms with Gasteiger partial charge in [-0.1, -0.05) is 149 Å². The molecule has 13 rings (SSSR count). The van der Waals surface area contributed by atoms with Gasteiger partial charge in [0, 0.05) is 33.4 Å². The van der Waals surface area contributed by atoms with Gasteiger partial charge in [0.05, 0.1) is 5.41 Å². The largest absolute Gasteiger partial charge is 0.455 e. The quantitative estimate of drug-likeness (QED) is 0.248. The average Bonchev–Trinajstić information content (AvgIpc) is 4.02. The minimum absolute atomic E-state index is 0.191. The Hall–Kier alpha value is -7.23. The van der Waals surface area contributed by atoms with Crippen molar-refractivity contribution in [1.29, 1.82) is 0 Å². The molecule has 0 aliphatic heterocycles. The molecule has 13 heteroatoms. The molecule has 0 N–H and O–H groups in total. The van der Waals surface area contributed by atoms with E-state index in [2.05, 4.69) is 114 Å². The van der Waals surface area contributed by atoms with E-state index in [4.69, 9.17) is 90.7 Å². The number of furan rings is 1. The van der Waals surface area contributed by atoms with Gasteiger partial charge < -0.3 is 9.32 Å². The number of nitrogens with zero attached hydrogens (tertiary/aromatic N) is 1. The third-order valence-corrected chi connectivity index (χ3v) is 15.1. The molecule has 1 heterocycles. The van der Waals surface area contributed by atoms with Crippen molar-refractivity contribution in [2.45, 2.75) is 5.41 Å². The fraction of sp³-hybridized carbons (Fsp3) is 0.0169. The van der Waals surface area contributed by atoms with E-state index in [9.17, 15) is 0 Å². The lowest BCUT2D eigenvalue weighted by atomic mass is 9.62.